The Labute approximate surface area is 483 Å². The zero-order chi connectivity index (χ0) is 54.5. The average Bonchev–Trinajstić information content (AvgIpc) is 2.11. The lowest BCUT2D eigenvalue weighted by Crippen LogP contribution is -2.61. The normalized spacial score (nSPS) is 12.5. The van der Waals surface area contributed by atoms with E-state index in [2.05, 4.69) is 329 Å². The van der Waals surface area contributed by atoms with Crippen LogP contribution in [0.3, 0.4) is 0 Å². The number of anilines is 9. The molecule has 1 aromatic heterocycles. The van der Waals surface area contributed by atoms with Gasteiger partial charge in [0.2, 0.25) is 0 Å². The summed E-state index contributed by atoms with van der Waals surface area (Å²) in [6.07, 6.45) is 0. The van der Waals surface area contributed by atoms with E-state index in [1.165, 1.54) is 88.5 Å². The van der Waals surface area contributed by atoms with Crippen molar-refractivity contribution in [3.05, 3.63) is 309 Å². The highest BCUT2D eigenvalue weighted by Crippen LogP contribution is 2.55. The number of aromatic nitrogens is 1. The van der Waals surface area contributed by atoms with E-state index in [0.29, 0.717) is 0 Å². The molecule has 0 atom stereocenters. The maximum Gasteiger partial charge on any atom is 0.252 e. The zero-order valence-corrected chi connectivity index (χ0v) is 45.3. The molecule has 386 valence electrons. The third-order valence-electron chi connectivity index (χ3n) is 17.4. The fourth-order valence-corrected chi connectivity index (χ4v) is 13.8. The summed E-state index contributed by atoms with van der Waals surface area (Å²) < 4.78 is 2.51. The van der Waals surface area contributed by atoms with Crippen molar-refractivity contribution in [1.82, 2.24) is 4.57 Å². The van der Waals surface area contributed by atoms with E-state index in [1.807, 2.05) is 0 Å². The number of para-hydroxylation sites is 4. The number of hydrogen-bond donors (Lipinski definition) is 0. The predicted octanol–water partition coefficient (Wildman–Crippen LogP) is 19.0. The second kappa shape index (κ2) is 18.9. The van der Waals surface area contributed by atoms with Crippen molar-refractivity contribution in [1.29, 1.82) is 0 Å². The number of benzene rings is 13. The Balaban J connectivity index is 1.02. The van der Waals surface area contributed by atoms with Gasteiger partial charge in [0.15, 0.2) is 0 Å². The van der Waals surface area contributed by atoms with E-state index in [1.54, 1.807) is 0 Å². The van der Waals surface area contributed by atoms with Crippen LogP contribution in [0.15, 0.2) is 309 Å². The largest absolute Gasteiger partial charge is 0.311 e. The summed E-state index contributed by atoms with van der Waals surface area (Å²) in [5, 5.41) is 2.45. The van der Waals surface area contributed by atoms with Crippen LogP contribution in [0.2, 0.25) is 0 Å². The van der Waals surface area contributed by atoms with Gasteiger partial charge in [-0.05, 0) is 152 Å². The summed E-state index contributed by atoms with van der Waals surface area (Å²) in [5.74, 6) is 0. The van der Waals surface area contributed by atoms with Crippen molar-refractivity contribution < 1.29 is 0 Å². The Morgan fingerprint density at radius 3 is 1.36 bits per heavy atom. The maximum absolute atomic E-state index is 2.65. The van der Waals surface area contributed by atoms with E-state index < -0.39 is 0 Å². The standard InChI is InChI=1S/C78H51BN4/c1-6-22-52(23-7-1)55-38-41-60(42-39-55)81-74-49-61(80(58-28-12-4-13-29-58)59-30-14-5-15-31-59)43-44-69(74)79-70-48-57(54-26-10-3-11-27-54)47-68-64-33-17-16-32-63(64)67-46-56(53-24-8-2-9-25-53)40-45-73(67)83(78(68)70)76-51-62(50-75(81)77(76)79)82-71-36-20-18-34-65(71)66-35-19-21-37-72(66)82/h1-51H. The van der Waals surface area contributed by atoms with Crippen molar-refractivity contribution >= 4 is 96.1 Å². The smallest absolute Gasteiger partial charge is 0.252 e. The second-order valence-electron chi connectivity index (χ2n) is 22.0. The molecule has 0 unspecified atom stereocenters. The van der Waals surface area contributed by atoms with Crippen LogP contribution in [0.5, 0.6) is 0 Å². The van der Waals surface area contributed by atoms with Gasteiger partial charge in [0.05, 0.1) is 22.4 Å². The van der Waals surface area contributed by atoms with Gasteiger partial charge in [0.25, 0.3) is 6.71 Å². The first-order valence-electron chi connectivity index (χ1n) is 28.7. The number of nitrogens with zero attached hydrogens (tertiary/aromatic N) is 4. The first kappa shape index (κ1) is 47.0. The SMILES string of the molecule is c1ccc(-c2ccc(N3c4cc(N(c5ccccc5)c5ccccc5)ccc4B4c5cc(-c6ccccc6)cc6c5N(c5ccc(-c7ccccc7)cc5-c5ccccc5-6)c5cc(-n6c7ccccc7c7ccccc76)cc3c54)cc2)cc1. The van der Waals surface area contributed by atoms with Gasteiger partial charge < -0.3 is 19.3 Å². The first-order chi connectivity index (χ1) is 41.2. The summed E-state index contributed by atoms with van der Waals surface area (Å²) in [5.41, 5.74) is 29.2. The van der Waals surface area contributed by atoms with Gasteiger partial charge in [-0.2, -0.15) is 0 Å². The summed E-state index contributed by atoms with van der Waals surface area (Å²) in [6.45, 7) is -0.177. The van der Waals surface area contributed by atoms with Crippen LogP contribution in [0.4, 0.5) is 51.2 Å². The summed E-state index contributed by atoms with van der Waals surface area (Å²) in [4.78, 5) is 7.63. The lowest BCUT2D eigenvalue weighted by atomic mass is 9.33. The lowest BCUT2D eigenvalue weighted by molar-refractivity contribution is 1.16. The Morgan fingerprint density at radius 2 is 0.747 bits per heavy atom. The van der Waals surface area contributed by atoms with Crippen LogP contribution >= 0.6 is 0 Å². The Hall–Kier alpha value is -10.9. The van der Waals surface area contributed by atoms with Crippen LogP contribution in [-0.2, 0) is 0 Å². The van der Waals surface area contributed by atoms with E-state index in [-0.39, 0.29) is 6.71 Å². The van der Waals surface area contributed by atoms with Crippen LogP contribution < -0.4 is 31.1 Å². The van der Waals surface area contributed by atoms with E-state index >= 15 is 0 Å². The fourth-order valence-electron chi connectivity index (χ4n) is 13.8. The molecule has 0 radical (unpaired) electrons. The van der Waals surface area contributed by atoms with Crippen LogP contribution in [0, 0.1) is 0 Å². The minimum Gasteiger partial charge on any atom is -0.311 e. The molecule has 0 bridgehead atoms. The highest BCUT2D eigenvalue weighted by atomic mass is 15.2. The molecule has 3 aliphatic heterocycles. The Bertz CT molecular complexity index is 4760. The second-order valence-corrected chi connectivity index (χ2v) is 22.0. The topological polar surface area (TPSA) is 14.7 Å². The van der Waals surface area contributed by atoms with E-state index in [0.717, 1.165) is 62.2 Å². The number of hydrogen-bond acceptors (Lipinski definition) is 3. The molecule has 4 heterocycles. The van der Waals surface area contributed by atoms with Crippen LogP contribution in [-0.4, -0.2) is 11.3 Å². The van der Waals surface area contributed by atoms with Crippen molar-refractivity contribution in [3.8, 4) is 61.3 Å². The molecule has 4 nitrogen and oxygen atoms in total. The fraction of sp³-hybridized carbons (Fsp3) is 0. The van der Waals surface area contributed by atoms with Gasteiger partial charge in [-0.3, -0.25) is 0 Å². The summed E-state index contributed by atoms with van der Waals surface area (Å²) >= 11 is 0. The molecule has 0 fully saturated rings. The Kier molecular flexibility index (Phi) is 10.7. The lowest BCUT2D eigenvalue weighted by Gasteiger charge is -2.45. The molecule has 5 heteroatoms. The van der Waals surface area contributed by atoms with Crippen molar-refractivity contribution in [2.45, 2.75) is 0 Å². The quantitative estimate of drug-likeness (QED) is 0.141. The van der Waals surface area contributed by atoms with Crippen LogP contribution in [0.1, 0.15) is 0 Å². The molecule has 14 aromatic rings. The summed E-state index contributed by atoms with van der Waals surface area (Å²) in [7, 11) is 0. The average molecular weight is 1060 g/mol. The molecular weight excluding hydrogens is 1000 g/mol. The number of rotatable bonds is 8. The maximum atomic E-state index is 2.65. The van der Waals surface area contributed by atoms with Gasteiger partial charge in [0, 0.05) is 67.4 Å². The molecule has 0 aliphatic carbocycles. The molecule has 0 saturated heterocycles. The molecule has 0 amide bonds. The van der Waals surface area contributed by atoms with E-state index in [9.17, 15) is 0 Å². The van der Waals surface area contributed by atoms with Gasteiger partial charge in [0.1, 0.15) is 0 Å². The highest BCUT2D eigenvalue weighted by Gasteiger charge is 2.46. The molecule has 13 aromatic carbocycles. The molecule has 3 aliphatic rings. The third-order valence-corrected chi connectivity index (χ3v) is 17.4. The van der Waals surface area contributed by atoms with Crippen molar-refractivity contribution in [2.24, 2.45) is 0 Å². The molecule has 0 spiro atoms. The summed E-state index contributed by atoms with van der Waals surface area (Å²) in [6, 6.07) is 115. The third kappa shape index (κ3) is 7.41. The molecule has 83 heavy (non-hydrogen) atoms. The molecule has 0 saturated carbocycles. The highest BCUT2D eigenvalue weighted by molar-refractivity contribution is 7.00. The van der Waals surface area contributed by atoms with Crippen molar-refractivity contribution in [2.75, 3.05) is 14.7 Å². The molecule has 17 rings (SSSR count). The zero-order valence-electron chi connectivity index (χ0n) is 45.3. The van der Waals surface area contributed by atoms with Crippen LogP contribution in [0.25, 0.3) is 83.1 Å². The molecule has 0 N–H and O–H groups in total. The minimum atomic E-state index is -0.177. The van der Waals surface area contributed by atoms with Gasteiger partial charge in [-0.25, -0.2) is 0 Å². The van der Waals surface area contributed by atoms with Gasteiger partial charge >= 0.3 is 0 Å². The monoisotopic (exact) mass is 1050 g/mol. The molecular formula is C78H51BN4. The van der Waals surface area contributed by atoms with Gasteiger partial charge in [-0.1, -0.05) is 218 Å². The van der Waals surface area contributed by atoms with E-state index in [4.69, 9.17) is 0 Å². The first-order valence-corrected chi connectivity index (χ1v) is 28.7. The number of fused-ring (bicyclic) bond motifs is 12. The Morgan fingerprint density at radius 1 is 0.265 bits per heavy atom. The minimum absolute atomic E-state index is 0.177. The predicted molar refractivity (Wildman–Crippen MR) is 350 cm³/mol. The van der Waals surface area contributed by atoms with Gasteiger partial charge in [-0.15, -0.1) is 0 Å². The van der Waals surface area contributed by atoms with Crippen molar-refractivity contribution in [3.63, 3.8) is 0 Å².